The number of aliphatic hydroxyl groups excluding tert-OH is 1. The zero-order valence-corrected chi connectivity index (χ0v) is 17.1. The molecule has 5 nitrogen and oxygen atoms in total. The second-order valence-corrected chi connectivity index (χ2v) is 10.3. The summed E-state index contributed by atoms with van der Waals surface area (Å²) in [6.45, 7) is 2.30. The fourth-order valence-corrected chi connectivity index (χ4v) is 6.90. The van der Waals surface area contributed by atoms with Gasteiger partial charge in [-0.2, -0.15) is 0 Å². The first-order valence-electron chi connectivity index (χ1n) is 11.0. The van der Waals surface area contributed by atoms with Crippen molar-refractivity contribution in [1.29, 1.82) is 0 Å². The Balaban J connectivity index is 1.05. The Morgan fingerprint density at radius 2 is 2.03 bits per heavy atom. The van der Waals surface area contributed by atoms with Crippen molar-refractivity contribution in [1.82, 2.24) is 10.3 Å². The number of fused-ring (bicyclic) bond motifs is 2. The number of aliphatic hydroxyl groups is 1. The molecule has 5 saturated carbocycles. The Morgan fingerprint density at radius 1 is 1.30 bits per heavy atom. The van der Waals surface area contributed by atoms with Gasteiger partial charge in [0.1, 0.15) is 11.6 Å². The molecule has 0 spiro atoms. The lowest BCUT2D eigenvalue weighted by Crippen LogP contribution is -2.76. The largest absolute Gasteiger partial charge is 0.490 e. The maximum atomic E-state index is 13.7. The molecule has 5 fully saturated rings. The minimum absolute atomic E-state index is 0.0240. The second kappa shape index (κ2) is 6.16. The monoisotopic (exact) mass is 410 g/mol. The SMILES string of the molecule is CC(C(=O)NC12CC(CO)(C1)C2)C1C2CC(Oc3ccnc4ccc(F)cc34)CC21. The highest BCUT2D eigenvalue weighted by atomic mass is 19.1. The fourth-order valence-electron chi connectivity index (χ4n) is 6.90. The number of carbonyl (C=O) groups is 1. The highest BCUT2D eigenvalue weighted by Gasteiger charge is 2.68. The van der Waals surface area contributed by atoms with Gasteiger partial charge in [-0.15, -0.1) is 0 Å². The van der Waals surface area contributed by atoms with Gasteiger partial charge >= 0.3 is 0 Å². The molecule has 1 aromatic carbocycles. The van der Waals surface area contributed by atoms with Crippen LogP contribution in [0.25, 0.3) is 10.9 Å². The highest BCUT2D eigenvalue weighted by Crippen LogP contribution is 2.67. The fraction of sp³-hybridized carbons (Fsp3) is 0.583. The van der Waals surface area contributed by atoms with E-state index in [0.29, 0.717) is 28.9 Å². The Labute approximate surface area is 175 Å². The van der Waals surface area contributed by atoms with E-state index in [9.17, 15) is 14.3 Å². The topological polar surface area (TPSA) is 71.5 Å². The quantitative estimate of drug-likeness (QED) is 0.765. The molecule has 1 amide bonds. The van der Waals surface area contributed by atoms with E-state index in [4.69, 9.17) is 4.74 Å². The second-order valence-electron chi connectivity index (χ2n) is 10.3. The van der Waals surface area contributed by atoms with Gasteiger partial charge in [-0.05, 0) is 74.1 Å². The number of hydrogen-bond donors (Lipinski definition) is 2. The predicted molar refractivity (Wildman–Crippen MR) is 109 cm³/mol. The number of aromatic nitrogens is 1. The van der Waals surface area contributed by atoms with Gasteiger partial charge in [0.2, 0.25) is 5.91 Å². The molecule has 3 atom stereocenters. The number of amides is 1. The normalized spacial score (nSPS) is 38.9. The molecule has 0 aliphatic heterocycles. The van der Waals surface area contributed by atoms with Crippen molar-refractivity contribution in [2.75, 3.05) is 6.61 Å². The van der Waals surface area contributed by atoms with Crippen LogP contribution in [-0.4, -0.2) is 34.2 Å². The number of rotatable bonds is 6. The van der Waals surface area contributed by atoms with E-state index < -0.39 is 0 Å². The Hall–Kier alpha value is -2.21. The van der Waals surface area contributed by atoms with E-state index in [2.05, 4.69) is 17.2 Å². The van der Waals surface area contributed by atoms with E-state index in [1.807, 2.05) is 6.07 Å². The van der Waals surface area contributed by atoms with E-state index in [-0.39, 0.29) is 41.3 Å². The summed E-state index contributed by atoms with van der Waals surface area (Å²) in [5.41, 5.74) is 0.815. The molecule has 7 rings (SSSR count). The summed E-state index contributed by atoms with van der Waals surface area (Å²) in [5, 5.41) is 13.4. The van der Waals surface area contributed by atoms with Gasteiger partial charge in [0.25, 0.3) is 0 Å². The molecule has 2 N–H and O–H groups in total. The standard InChI is InChI=1S/C24H27FN2O3/c1-13(22(29)27-24-9-23(10-24,11-24)12-28)21-16-7-15(8-17(16)21)30-20-4-5-26-19-3-2-14(25)6-18(19)20/h2-6,13,15-17,21,28H,7-12H2,1H3,(H,27,29). The zero-order chi connectivity index (χ0) is 20.7. The Bertz CT molecular complexity index is 1010. The smallest absolute Gasteiger partial charge is 0.223 e. The molecule has 0 radical (unpaired) electrons. The minimum Gasteiger partial charge on any atom is -0.490 e. The first-order chi connectivity index (χ1) is 14.4. The van der Waals surface area contributed by atoms with Crippen LogP contribution >= 0.6 is 0 Å². The molecule has 158 valence electrons. The average molecular weight is 410 g/mol. The van der Waals surface area contributed by atoms with Crippen molar-refractivity contribution in [3.63, 3.8) is 0 Å². The van der Waals surface area contributed by atoms with E-state index in [1.165, 1.54) is 12.1 Å². The molecule has 30 heavy (non-hydrogen) atoms. The number of pyridine rings is 1. The van der Waals surface area contributed by atoms with Crippen molar-refractivity contribution in [3.05, 3.63) is 36.3 Å². The van der Waals surface area contributed by atoms with Crippen LogP contribution < -0.4 is 10.1 Å². The van der Waals surface area contributed by atoms with Crippen LogP contribution in [0, 0.1) is 34.9 Å². The summed E-state index contributed by atoms with van der Waals surface area (Å²) in [4.78, 5) is 17.1. The van der Waals surface area contributed by atoms with Gasteiger partial charge in [-0.3, -0.25) is 9.78 Å². The Morgan fingerprint density at radius 3 is 2.73 bits per heavy atom. The number of benzene rings is 1. The highest BCUT2D eigenvalue weighted by molar-refractivity contribution is 5.84. The van der Waals surface area contributed by atoms with Crippen molar-refractivity contribution in [3.8, 4) is 5.75 Å². The minimum atomic E-state index is -0.289. The van der Waals surface area contributed by atoms with E-state index in [0.717, 1.165) is 37.6 Å². The summed E-state index contributed by atoms with van der Waals surface area (Å²) in [6, 6.07) is 6.38. The number of nitrogens with one attached hydrogen (secondary N) is 1. The molecule has 5 aliphatic carbocycles. The molecule has 3 unspecified atom stereocenters. The molecule has 1 aromatic heterocycles. The summed E-state index contributed by atoms with van der Waals surface area (Å²) >= 11 is 0. The number of hydrogen-bond acceptors (Lipinski definition) is 4. The van der Waals surface area contributed by atoms with Crippen LogP contribution in [0.1, 0.15) is 39.0 Å². The van der Waals surface area contributed by atoms with E-state index >= 15 is 0 Å². The molecule has 1 heterocycles. The third kappa shape index (κ3) is 2.69. The number of carbonyl (C=O) groups excluding carboxylic acids is 1. The molecular formula is C24H27FN2O3. The number of ether oxygens (including phenoxy) is 1. The van der Waals surface area contributed by atoms with Crippen LogP contribution in [-0.2, 0) is 4.79 Å². The molecule has 5 aliphatic rings. The Kier molecular flexibility index (Phi) is 3.81. The van der Waals surface area contributed by atoms with Crippen molar-refractivity contribution in [2.45, 2.75) is 50.7 Å². The van der Waals surface area contributed by atoms with Gasteiger partial charge in [0.05, 0.1) is 11.6 Å². The lowest BCUT2D eigenvalue weighted by Gasteiger charge is -2.70. The van der Waals surface area contributed by atoms with Gasteiger partial charge in [0.15, 0.2) is 0 Å². The summed E-state index contributed by atoms with van der Waals surface area (Å²) in [5.74, 6) is 2.12. The summed E-state index contributed by atoms with van der Waals surface area (Å²) in [7, 11) is 0. The lowest BCUT2D eigenvalue weighted by atomic mass is 9.39. The summed E-state index contributed by atoms with van der Waals surface area (Å²) in [6.07, 6.45) is 6.51. The average Bonchev–Trinajstić information content (AvgIpc) is 3.17. The van der Waals surface area contributed by atoms with Crippen molar-refractivity contribution in [2.24, 2.45) is 29.1 Å². The van der Waals surface area contributed by atoms with Crippen LogP contribution in [0.4, 0.5) is 4.39 Å². The molecular weight excluding hydrogens is 383 g/mol. The van der Waals surface area contributed by atoms with Gasteiger partial charge in [0, 0.05) is 35.1 Å². The lowest BCUT2D eigenvalue weighted by molar-refractivity contribution is -0.184. The maximum absolute atomic E-state index is 13.7. The third-order valence-electron chi connectivity index (χ3n) is 8.28. The van der Waals surface area contributed by atoms with E-state index in [1.54, 1.807) is 12.3 Å². The van der Waals surface area contributed by atoms with Crippen LogP contribution in [0.3, 0.4) is 0 Å². The molecule has 2 bridgehead atoms. The number of halogens is 1. The molecule has 2 aromatic rings. The van der Waals surface area contributed by atoms with Crippen molar-refractivity contribution >= 4 is 16.8 Å². The summed E-state index contributed by atoms with van der Waals surface area (Å²) < 4.78 is 19.9. The molecule has 6 heteroatoms. The van der Waals surface area contributed by atoms with Crippen LogP contribution in [0.5, 0.6) is 5.75 Å². The van der Waals surface area contributed by atoms with Gasteiger partial charge < -0.3 is 15.2 Å². The maximum Gasteiger partial charge on any atom is 0.223 e. The first kappa shape index (κ1) is 18.6. The zero-order valence-electron chi connectivity index (χ0n) is 17.1. The van der Waals surface area contributed by atoms with Gasteiger partial charge in [-0.25, -0.2) is 4.39 Å². The first-order valence-corrected chi connectivity index (χ1v) is 11.0. The van der Waals surface area contributed by atoms with Crippen molar-refractivity contribution < 1.29 is 19.0 Å². The van der Waals surface area contributed by atoms with Gasteiger partial charge in [-0.1, -0.05) is 6.92 Å². The third-order valence-corrected chi connectivity index (χ3v) is 8.28. The van der Waals surface area contributed by atoms with Crippen LogP contribution in [0.15, 0.2) is 30.5 Å². The predicted octanol–water partition coefficient (Wildman–Crippen LogP) is 3.44. The molecule has 0 saturated heterocycles. The number of nitrogens with zero attached hydrogens (tertiary/aromatic N) is 1. The van der Waals surface area contributed by atoms with Crippen LogP contribution in [0.2, 0.25) is 0 Å².